The fourth-order valence-corrected chi connectivity index (χ4v) is 3.22. The van der Waals surface area contributed by atoms with E-state index in [0.717, 1.165) is 6.42 Å². The summed E-state index contributed by atoms with van der Waals surface area (Å²) in [6.45, 7) is 4.36. The number of hydrazine groups is 1. The van der Waals surface area contributed by atoms with Gasteiger partial charge in [-0.2, -0.15) is 0 Å². The molecule has 2 amide bonds. The van der Waals surface area contributed by atoms with Crippen LogP contribution in [0, 0.1) is 11.8 Å². The molecule has 0 unspecified atom stereocenters. The summed E-state index contributed by atoms with van der Waals surface area (Å²) >= 11 is 5.23. The van der Waals surface area contributed by atoms with Crippen molar-refractivity contribution in [3.63, 3.8) is 0 Å². The third-order valence-corrected chi connectivity index (χ3v) is 5.00. The monoisotopic (exact) mass is 362 g/mol. The Balaban J connectivity index is 1.67. The molecule has 25 heavy (non-hydrogen) atoms. The van der Waals surface area contributed by atoms with Crippen LogP contribution in [0.5, 0.6) is 0 Å². The smallest absolute Gasteiger partial charge is 0.257 e. The minimum atomic E-state index is -0.363. The Hall–Kier alpha value is -2.15. The lowest BCUT2D eigenvalue weighted by molar-refractivity contribution is -0.120. The van der Waals surface area contributed by atoms with Crippen LogP contribution >= 0.6 is 12.2 Å². The summed E-state index contributed by atoms with van der Waals surface area (Å²) in [6.07, 6.45) is 3.51. The average Bonchev–Trinajstić information content (AvgIpc) is 2.62. The highest BCUT2D eigenvalue weighted by Crippen LogP contribution is 2.29. The second-order valence-electron chi connectivity index (χ2n) is 6.57. The number of hydrogen-bond acceptors (Lipinski definition) is 3. The molecule has 3 atom stereocenters. The van der Waals surface area contributed by atoms with Crippen LogP contribution in [0.25, 0.3) is 0 Å². The lowest BCUT2D eigenvalue weighted by Gasteiger charge is -2.35. The van der Waals surface area contributed by atoms with Gasteiger partial charge in [-0.05, 0) is 42.6 Å². The fraction of sp³-hybridized carbons (Fsp3) is 0.500. The van der Waals surface area contributed by atoms with Crippen molar-refractivity contribution in [3.8, 4) is 0 Å². The van der Waals surface area contributed by atoms with Crippen molar-refractivity contribution in [2.75, 3.05) is 6.54 Å². The van der Waals surface area contributed by atoms with Crippen molar-refractivity contribution in [1.82, 2.24) is 21.5 Å². The van der Waals surface area contributed by atoms with Gasteiger partial charge in [0.05, 0.1) is 6.54 Å². The van der Waals surface area contributed by atoms with Crippen LogP contribution in [0.4, 0.5) is 0 Å². The predicted octanol–water partition coefficient (Wildman–Crippen LogP) is 1.74. The average molecular weight is 362 g/mol. The zero-order chi connectivity index (χ0) is 18.2. The van der Waals surface area contributed by atoms with Crippen molar-refractivity contribution in [2.24, 2.45) is 11.8 Å². The van der Waals surface area contributed by atoms with Crippen LogP contribution in [0.15, 0.2) is 30.3 Å². The van der Waals surface area contributed by atoms with E-state index in [2.05, 4.69) is 35.3 Å². The zero-order valence-corrected chi connectivity index (χ0v) is 15.5. The summed E-state index contributed by atoms with van der Waals surface area (Å²) in [6, 6.07) is 9.07. The quantitative estimate of drug-likeness (QED) is 0.484. The summed E-state index contributed by atoms with van der Waals surface area (Å²) in [5.74, 6) is 0.547. The van der Waals surface area contributed by atoms with E-state index in [-0.39, 0.29) is 18.4 Å². The molecule has 1 aliphatic carbocycles. The maximum absolute atomic E-state index is 11.9. The Morgan fingerprint density at radius 3 is 2.56 bits per heavy atom. The third kappa shape index (κ3) is 6.01. The Labute approximate surface area is 154 Å². The summed E-state index contributed by atoms with van der Waals surface area (Å²) < 4.78 is 0. The van der Waals surface area contributed by atoms with E-state index < -0.39 is 0 Å². The highest BCUT2D eigenvalue weighted by atomic mass is 32.1. The number of amides is 2. The van der Waals surface area contributed by atoms with Gasteiger partial charge < -0.3 is 10.6 Å². The van der Waals surface area contributed by atoms with Gasteiger partial charge in [0.25, 0.3) is 11.8 Å². The first-order chi connectivity index (χ1) is 12.0. The normalized spacial score (nSPS) is 22.6. The van der Waals surface area contributed by atoms with E-state index in [1.54, 1.807) is 24.3 Å². The van der Waals surface area contributed by atoms with Crippen molar-refractivity contribution in [3.05, 3.63) is 35.9 Å². The molecule has 6 nitrogen and oxygen atoms in total. The molecule has 1 fully saturated rings. The van der Waals surface area contributed by atoms with E-state index in [9.17, 15) is 9.59 Å². The minimum Gasteiger partial charge on any atom is -0.358 e. The van der Waals surface area contributed by atoms with E-state index in [1.807, 2.05) is 6.07 Å². The lowest BCUT2D eigenvalue weighted by atomic mass is 9.78. The number of carbonyl (C=O) groups excluding carboxylic acids is 2. The van der Waals surface area contributed by atoms with Crippen molar-refractivity contribution >= 4 is 29.1 Å². The van der Waals surface area contributed by atoms with Crippen molar-refractivity contribution in [2.45, 2.75) is 39.2 Å². The Kier molecular flexibility index (Phi) is 7.18. The van der Waals surface area contributed by atoms with Gasteiger partial charge in [0.1, 0.15) is 0 Å². The number of rotatable bonds is 4. The molecule has 1 aromatic rings. The molecule has 0 aliphatic heterocycles. The molecule has 1 aliphatic rings. The number of hydrogen-bond donors (Lipinski definition) is 4. The first-order valence-electron chi connectivity index (χ1n) is 8.66. The van der Waals surface area contributed by atoms with Crippen LogP contribution in [0.2, 0.25) is 0 Å². The second-order valence-corrected chi connectivity index (χ2v) is 6.98. The maximum atomic E-state index is 11.9. The maximum Gasteiger partial charge on any atom is 0.257 e. The molecular formula is C18H26N4O2S. The van der Waals surface area contributed by atoms with Gasteiger partial charge in [0.15, 0.2) is 5.11 Å². The SMILES string of the molecule is C[C@@H]1[C@H](C)CCC[C@@H]1NC(=S)NNC(=O)CNC(=O)c1ccccc1. The number of carbonyl (C=O) groups is 2. The number of thiocarbonyl (C=S) groups is 1. The van der Waals surface area contributed by atoms with Gasteiger partial charge in [-0.3, -0.25) is 20.4 Å². The molecule has 0 aromatic heterocycles. The molecule has 1 aromatic carbocycles. The minimum absolute atomic E-state index is 0.125. The fourth-order valence-electron chi connectivity index (χ4n) is 3.01. The largest absolute Gasteiger partial charge is 0.358 e. The van der Waals surface area contributed by atoms with Crippen LogP contribution in [0.3, 0.4) is 0 Å². The molecule has 4 N–H and O–H groups in total. The molecule has 0 saturated heterocycles. The Morgan fingerprint density at radius 2 is 1.84 bits per heavy atom. The first-order valence-corrected chi connectivity index (χ1v) is 9.06. The number of nitrogens with one attached hydrogen (secondary N) is 4. The summed E-state index contributed by atoms with van der Waals surface area (Å²) in [7, 11) is 0. The molecule has 2 rings (SSSR count). The van der Waals surface area contributed by atoms with Crippen LogP contribution in [0.1, 0.15) is 43.5 Å². The van der Waals surface area contributed by atoms with Crippen LogP contribution in [-0.2, 0) is 4.79 Å². The molecule has 0 heterocycles. The van der Waals surface area contributed by atoms with Crippen LogP contribution in [-0.4, -0.2) is 29.5 Å². The molecular weight excluding hydrogens is 336 g/mol. The first kappa shape index (κ1) is 19.2. The second kappa shape index (κ2) is 9.36. The van der Waals surface area contributed by atoms with Gasteiger partial charge in [-0.15, -0.1) is 0 Å². The van der Waals surface area contributed by atoms with Crippen molar-refractivity contribution < 1.29 is 9.59 Å². The van der Waals surface area contributed by atoms with Gasteiger partial charge >= 0.3 is 0 Å². The summed E-state index contributed by atoms with van der Waals surface area (Å²) in [5.41, 5.74) is 5.71. The summed E-state index contributed by atoms with van der Waals surface area (Å²) in [5, 5.41) is 6.22. The molecule has 1 saturated carbocycles. The van der Waals surface area contributed by atoms with Gasteiger partial charge in [0.2, 0.25) is 0 Å². The highest BCUT2D eigenvalue weighted by Gasteiger charge is 2.27. The predicted molar refractivity (Wildman–Crippen MR) is 102 cm³/mol. The highest BCUT2D eigenvalue weighted by molar-refractivity contribution is 7.80. The third-order valence-electron chi connectivity index (χ3n) is 4.78. The molecule has 0 radical (unpaired) electrons. The standard InChI is InChI=1S/C18H26N4O2S/c1-12-7-6-10-15(13(12)2)20-18(25)22-21-16(23)11-19-17(24)14-8-4-3-5-9-14/h3-5,8-9,12-13,15H,6-7,10-11H2,1-2H3,(H,19,24)(H,21,23)(H2,20,22,25)/t12-,13-,15+/m1/s1. The van der Waals surface area contributed by atoms with Gasteiger partial charge in [-0.25, -0.2) is 0 Å². The van der Waals surface area contributed by atoms with Gasteiger partial charge in [0, 0.05) is 11.6 Å². The molecule has 0 spiro atoms. The lowest BCUT2D eigenvalue weighted by Crippen LogP contribution is -2.53. The molecule has 0 bridgehead atoms. The molecule has 136 valence electrons. The van der Waals surface area contributed by atoms with Crippen molar-refractivity contribution in [1.29, 1.82) is 0 Å². The summed E-state index contributed by atoms with van der Waals surface area (Å²) in [4.78, 5) is 23.7. The Bertz CT molecular complexity index is 608. The Morgan fingerprint density at radius 1 is 1.12 bits per heavy atom. The van der Waals surface area contributed by atoms with E-state index in [1.165, 1.54) is 12.8 Å². The zero-order valence-electron chi connectivity index (χ0n) is 14.7. The van der Waals surface area contributed by atoms with E-state index >= 15 is 0 Å². The van der Waals surface area contributed by atoms with Gasteiger partial charge in [-0.1, -0.05) is 44.9 Å². The number of benzene rings is 1. The van der Waals surface area contributed by atoms with E-state index in [4.69, 9.17) is 12.2 Å². The van der Waals surface area contributed by atoms with E-state index in [0.29, 0.717) is 28.6 Å². The molecule has 7 heteroatoms. The topological polar surface area (TPSA) is 82.3 Å². The van der Waals surface area contributed by atoms with Crippen LogP contribution < -0.4 is 21.5 Å².